The third-order valence-corrected chi connectivity index (χ3v) is 3.07. The number of nitrogens with two attached hydrogens (primary N) is 1. The number of nitrogens with one attached hydrogen (secondary N) is 1. The maximum atomic E-state index is 11.7. The molecular weight excluding hydrogens is 266 g/mol. The molecule has 1 amide bonds. The summed E-state index contributed by atoms with van der Waals surface area (Å²) in [6.07, 6.45) is 3.80. The van der Waals surface area contributed by atoms with E-state index in [4.69, 9.17) is 10.3 Å². The van der Waals surface area contributed by atoms with Crippen molar-refractivity contribution in [1.29, 1.82) is 0 Å². The molecule has 6 heteroatoms. The van der Waals surface area contributed by atoms with Crippen molar-refractivity contribution < 1.29 is 9.32 Å². The summed E-state index contributed by atoms with van der Waals surface area (Å²) in [5, 5.41) is 6.76. The van der Waals surface area contributed by atoms with Crippen LogP contribution in [0.2, 0.25) is 0 Å². The minimum Gasteiger partial charge on any atom is -0.351 e. The van der Waals surface area contributed by atoms with E-state index in [1.165, 1.54) is 0 Å². The molecule has 0 aliphatic heterocycles. The highest BCUT2D eigenvalue weighted by Crippen LogP contribution is 2.22. The van der Waals surface area contributed by atoms with Gasteiger partial charge in [0.05, 0.1) is 5.69 Å². The molecular formula is C13H24ClN3O2. The zero-order valence-corrected chi connectivity index (χ0v) is 12.5. The van der Waals surface area contributed by atoms with Gasteiger partial charge in [0.25, 0.3) is 5.91 Å². The fourth-order valence-electron chi connectivity index (χ4n) is 1.85. The predicted octanol–water partition coefficient (Wildman–Crippen LogP) is 2.47. The highest BCUT2D eigenvalue weighted by atomic mass is 35.5. The van der Waals surface area contributed by atoms with Crippen molar-refractivity contribution in [2.24, 2.45) is 5.73 Å². The van der Waals surface area contributed by atoms with Crippen LogP contribution in [-0.4, -0.2) is 24.2 Å². The number of unbranched alkanes of at least 4 members (excludes halogenated alkanes) is 1. The molecule has 0 aliphatic rings. The molecule has 0 atom stereocenters. The van der Waals surface area contributed by atoms with Crippen LogP contribution in [-0.2, 0) is 0 Å². The Balaban J connectivity index is 0.00000324. The Morgan fingerprint density at radius 1 is 1.42 bits per heavy atom. The first-order chi connectivity index (χ1) is 8.72. The number of carbonyl (C=O) groups excluding carboxylic acids is 1. The molecule has 0 bridgehead atoms. The average Bonchev–Trinajstić information content (AvgIpc) is 2.86. The molecule has 0 fully saturated rings. The summed E-state index contributed by atoms with van der Waals surface area (Å²) in [5.74, 6) is 0.467. The maximum absolute atomic E-state index is 11.7. The van der Waals surface area contributed by atoms with E-state index >= 15 is 0 Å². The fourth-order valence-corrected chi connectivity index (χ4v) is 1.85. The van der Waals surface area contributed by atoms with E-state index < -0.39 is 0 Å². The number of halogens is 1. The van der Waals surface area contributed by atoms with Gasteiger partial charge in [-0.15, -0.1) is 12.4 Å². The normalized spacial score (nSPS) is 10.3. The lowest BCUT2D eigenvalue weighted by Gasteiger charge is -2.05. The van der Waals surface area contributed by atoms with Gasteiger partial charge in [-0.05, 0) is 32.2 Å². The summed E-state index contributed by atoms with van der Waals surface area (Å²) < 4.78 is 5.08. The van der Waals surface area contributed by atoms with Crippen molar-refractivity contribution in [1.82, 2.24) is 10.5 Å². The van der Waals surface area contributed by atoms with Crippen LogP contribution in [0.15, 0.2) is 10.6 Å². The van der Waals surface area contributed by atoms with E-state index in [1.54, 1.807) is 6.07 Å². The van der Waals surface area contributed by atoms with Gasteiger partial charge >= 0.3 is 0 Å². The Bertz CT molecular complexity index is 365. The second kappa shape index (κ2) is 9.81. The quantitative estimate of drug-likeness (QED) is 0.720. The number of aromatic nitrogens is 1. The molecule has 0 radical (unpaired) electrons. The van der Waals surface area contributed by atoms with Crippen LogP contribution in [0.25, 0.3) is 0 Å². The van der Waals surface area contributed by atoms with Crippen molar-refractivity contribution in [3.05, 3.63) is 17.5 Å². The number of nitrogens with zero attached hydrogens (tertiary/aromatic N) is 1. The number of carbonyl (C=O) groups is 1. The summed E-state index contributed by atoms with van der Waals surface area (Å²) in [7, 11) is 0. The second-order valence-corrected chi connectivity index (χ2v) is 4.38. The molecule has 0 aliphatic carbocycles. The smallest absolute Gasteiger partial charge is 0.289 e. The molecule has 110 valence electrons. The van der Waals surface area contributed by atoms with Crippen LogP contribution in [0.3, 0.4) is 0 Å². The summed E-state index contributed by atoms with van der Waals surface area (Å²) in [5.41, 5.74) is 6.25. The Morgan fingerprint density at radius 3 is 2.68 bits per heavy atom. The molecule has 1 rings (SSSR count). The highest BCUT2D eigenvalue weighted by molar-refractivity contribution is 5.91. The molecule has 3 N–H and O–H groups in total. The van der Waals surface area contributed by atoms with E-state index in [2.05, 4.69) is 24.3 Å². The first-order valence-electron chi connectivity index (χ1n) is 6.67. The second-order valence-electron chi connectivity index (χ2n) is 4.38. The van der Waals surface area contributed by atoms with E-state index in [9.17, 15) is 4.79 Å². The molecule has 0 spiro atoms. The minimum absolute atomic E-state index is 0. The van der Waals surface area contributed by atoms with E-state index in [1.807, 2.05) is 0 Å². The van der Waals surface area contributed by atoms with Gasteiger partial charge in [0.1, 0.15) is 0 Å². The van der Waals surface area contributed by atoms with Gasteiger partial charge in [-0.25, -0.2) is 0 Å². The van der Waals surface area contributed by atoms with Crippen LogP contribution in [0, 0.1) is 0 Å². The number of amides is 1. The summed E-state index contributed by atoms with van der Waals surface area (Å²) in [6.45, 7) is 5.48. The molecule has 0 unspecified atom stereocenters. The van der Waals surface area contributed by atoms with Crippen LogP contribution in [0.5, 0.6) is 0 Å². The molecule has 1 heterocycles. The summed E-state index contributed by atoms with van der Waals surface area (Å²) in [6, 6.07) is 1.75. The Hall–Kier alpha value is -1.07. The van der Waals surface area contributed by atoms with Crippen LogP contribution >= 0.6 is 12.4 Å². The van der Waals surface area contributed by atoms with E-state index in [-0.39, 0.29) is 18.3 Å². The van der Waals surface area contributed by atoms with E-state index in [0.29, 0.717) is 24.8 Å². The first-order valence-corrected chi connectivity index (χ1v) is 6.67. The standard InChI is InChI=1S/C13H23N3O2.ClH/c1-3-10(4-2)11-9-12(18-16-11)13(17)15-8-6-5-7-14;/h9-10H,3-8,14H2,1-2H3,(H,15,17);1H. The summed E-state index contributed by atoms with van der Waals surface area (Å²) >= 11 is 0. The van der Waals surface area contributed by atoms with Crippen LogP contribution in [0.4, 0.5) is 0 Å². The topological polar surface area (TPSA) is 81.2 Å². The molecule has 19 heavy (non-hydrogen) atoms. The van der Waals surface area contributed by atoms with Crippen molar-refractivity contribution in [3.63, 3.8) is 0 Å². The van der Waals surface area contributed by atoms with Crippen molar-refractivity contribution >= 4 is 18.3 Å². The highest BCUT2D eigenvalue weighted by Gasteiger charge is 2.16. The monoisotopic (exact) mass is 289 g/mol. The zero-order chi connectivity index (χ0) is 13.4. The number of rotatable bonds is 8. The van der Waals surface area contributed by atoms with Gasteiger partial charge in [0.15, 0.2) is 0 Å². The molecule has 0 saturated carbocycles. The first kappa shape index (κ1) is 17.9. The SMILES string of the molecule is CCC(CC)c1cc(C(=O)NCCCCN)on1.Cl. The maximum Gasteiger partial charge on any atom is 0.289 e. The summed E-state index contributed by atoms with van der Waals surface area (Å²) in [4.78, 5) is 11.7. The van der Waals surface area contributed by atoms with Gasteiger partial charge < -0.3 is 15.6 Å². The Kier molecular flexibility index (Phi) is 9.26. The van der Waals surface area contributed by atoms with Crippen molar-refractivity contribution in [2.75, 3.05) is 13.1 Å². The van der Waals surface area contributed by atoms with Crippen LogP contribution in [0.1, 0.15) is 61.7 Å². The van der Waals surface area contributed by atoms with Gasteiger partial charge in [0, 0.05) is 18.5 Å². The largest absolute Gasteiger partial charge is 0.351 e. The van der Waals surface area contributed by atoms with E-state index in [0.717, 1.165) is 31.4 Å². The Labute approximate surface area is 120 Å². The van der Waals surface area contributed by atoms with Crippen molar-refractivity contribution in [2.45, 2.75) is 45.4 Å². The number of hydrogen-bond acceptors (Lipinski definition) is 4. The number of hydrogen-bond donors (Lipinski definition) is 2. The molecule has 1 aromatic heterocycles. The lowest BCUT2D eigenvalue weighted by atomic mass is 9.99. The third-order valence-electron chi connectivity index (χ3n) is 3.07. The van der Waals surface area contributed by atoms with Gasteiger partial charge in [-0.1, -0.05) is 19.0 Å². The third kappa shape index (κ3) is 5.61. The van der Waals surface area contributed by atoms with Crippen molar-refractivity contribution in [3.8, 4) is 0 Å². The van der Waals surface area contributed by atoms with Crippen LogP contribution < -0.4 is 11.1 Å². The molecule has 1 aromatic rings. The fraction of sp³-hybridized carbons (Fsp3) is 0.692. The predicted molar refractivity (Wildman–Crippen MR) is 77.7 cm³/mol. The lowest BCUT2D eigenvalue weighted by Crippen LogP contribution is -2.24. The minimum atomic E-state index is -0.197. The molecule has 0 aromatic carbocycles. The molecule has 5 nitrogen and oxygen atoms in total. The Morgan fingerprint density at radius 2 is 2.11 bits per heavy atom. The molecule has 0 saturated heterocycles. The average molecular weight is 290 g/mol. The van der Waals surface area contributed by atoms with Gasteiger partial charge in [-0.3, -0.25) is 4.79 Å². The van der Waals surface area contributed by atoms with Gasteiger partial charge in [0.2, 0.25) is 5.76 Å². The lowest BCUT2D eigenvalue weighted by molar-refractivity contribution is 0.0916. The zero-order valence-electron chi connectivity index (χ0n) is 11.6. The van der Waals surface area contributed by atoms with Gasteiger partial charge in [-0.2, -0.15) is 0 Å².